The molecular formula is C16H9IN2O4. The first-order valence-electron chi connectivity index (χ1n) is 6.57. The molecule has 1 aliphatic rings. The van der Waals surface area contributed by atoms with Crippen LogP contribution in [-0.4, -0.2) is 16.8 Å². The quantitative estimate of drug-likeness (QED) is 0.250. The minimum atomic E-state index is -0.627. The molecule has 0 radical (unpaired) electrons. The molecule has 1 aliphatic heterocycles. The molecule has 3 rings (SSSR count). The largest absolute Gasteiger partial charge is 0.402 e. The van der Waals surface area contributed by atoms with Gasteiger partial charge in [0, 0.05) is 9.64 Å². The summed E-state index contributed by atoms with van der Waals surface area (Å²) in [6.07, 6.45) is 1.36. The van der Waals surface area contributed by atoms with Crippen LogP contribution in [0.3, 0.4) is 0 Å². The average Bonchev–Trinajstić information content (AvgIpc) is 2.89. The molecular weight excluding hydrogens is 411 g/mol. The maximum absolute atomic E-state index is 12.0. The van der Waals surface area contributed by atoms with Gasteiger partial charge >= 0.3 is 5.97 Å². The van der Waals surface area contributed by atoms with Crippen molar-refractivity contribution in [2.24, 2.45) is 4.99 Å². The fraction of sp³-hybridized carbons (Fsp3) is 0. The second-order valence-electron chi connectivity index (χ2n) is 4.63. The monoisotopic (exact) mass is 420 g/mol. The summed E-state index contributed by atoms with van der Waals surface area (Å²) in [5.41, 5.74) is 0.948. The average molecular weight is 420 g/mol. The molecule has 114 valence electrons. The number of cyclic esters (lactones) is 1. The van der Waals surface area contributed by atoms with Gasteiger partial charge in [-0.3, -0.25) is 10.1 Å². The Balaban J connectivity index is 2.03. The predicted molar refractivity (Wildman–Crippen MR) is 92.9 cm³/mol. The summed E-state index contributed by atoms with van der Waals surface area (Å²) in [5.74, 6) is -0.428. The van der Waals surface area contributed by atoms with Crippen molar-refractivity contribution in [3.8, 4) is 0 Å². The number of nitro benzene ring substituents is 1. The zero-order valence-corrected chi connectivity index (χ0v) is 13.8. The van der Waals surface area contributed by atoms with Crippen LogP contribution < -0.4 is 0 Å². The molecule has 2 aromatic rings. The molecule has 23 heavy (non-hydrogen) atoms. The van der Waals surface area contributed by atoms with Gasteiger partial charge in [-0.25, -0.2) is 9.79 Å². The Morgan fingerprint density at radius 1 is 1.13 bits per heavy atom. The third-order valence-electron chi connectivity index (χ3n) is 3.15. The molecule has 0 fully saturated rings. The number of esters is 1. The van der Waals surface area contributed by atoms with Gasteiger partial charge in [0.15, 0.2) is 5.70 Å². The lowest BCUT2D eigenvalue weighted by Crippen LogP contribution is -2.06. The predicted octanol–water partition coefficient (Wildman–Crippen LogP) is 3.54. The van der Waals surface area contributed by atoms with E-state index >= 15 is 0 Å². The Labute approximate surface area is 144 Å². The van der Waals surface area contributed by atoms with Crippen molar-refractivity contribution in [3.63, 3.8) is 0 Å². The highest BCUT2D eigenvalue weighted by Crippen LogP contribution is 2.25. The Morgan fingerprint density at radius 2 is 1.83 bits per heavy atom. The van der Waals surface area contributed by atoms with Gasteiger partial charge in [0.25, 0.3) is 5.69 Å². The van der Waals surface area contributed by atoms with E-state index in [1.165, 1.54) is 12.1 Å². The standard InChI is InChI=1S/C16H9IN2O4/c17-12-7-3-2-6-11(12)15-18-13(16(20)23-15)9-10-5-1-4-8-14(10)19(21)22/h1-9H/b13-9-. The van der Waals surface area contributed by atoms with Crippen LogP contribution in [0.5, 0.6) is 0 Å². The first-order valence-corrected chi connectivity index (χ1v) is 7.65. The molecule has 0 N–H and O–H groups in total. The lowest BCUT2D eigenvalue weighted by molar-refractivity contribution is -0.385. The van der Waals surface area contributed by atoms with E-state index in [0.29, 0.717) is 11.1 Å². The molecule has 6 nitrogen and oxygen atoms in total. The smallest absolute Gasteiger partial charge is 0.363 e. The van der Waals surface area contributed by atoms with E-state index in [1.807, 2.05) is 18.2 Å². The van der Waals surface area contributed by atoms with Crippen LogP contribution in [-0.2, 0) is 9.53 Å². The zero-order chi connectivity index (χ0) is 16.4. The molecule has 0 saturated heterocycles. The molecule has 0 atom stereocenters. The number of halogens is 1. The first kappa shape index (κ1) is 15.3. The van der Waals surface area contributed by atoms with Crippen molar-refractivity contribution >= 4 is 46.2 Å². The third-order valence-corrected chi connectivity index (χ3v) is 4.09. The molecule has 0 aliphatic carbocycles. The van der Waals surface area contributed by atoms with E-state index in [-0.39, 0.29) is 17.3 Å². The number of carbonyl (C=O) groups is 1. The summed E-state index contributed by atoms with van der Waals surface area (Å²) in [5, 5.41) is 11.0. The summed E-state index contributed by atoms with van der Waals surface area (Å²) < 4.78 is 6.07. The Hall–Kier alpha value is -2.55. The maximum Gasteiger partial charge on any atom is 0.363 e. The second kappa shape index (κ2) is 6.29. The van der Waals surface area contributed by atoms with Crippen LogP contribution in [0, 0.1) is 13.7 Å². The van der Waals surface area contributed by atoms with Crippen LogP contribution in [0.2, 0.25) is 0 Å². The number of nitro groups is 1. The third kappa shape index (κ3) is 3.14. The number of aliphatic imine (C=N–C) groups is 1. The molecule has 0 amide bonds. The fourth-order valence-electron chi connectivity index (χ4n) is 2.08. The SMILES string of the molecule is O=C1OC(c2ccccc2I)=N/C1=C\c1ccccc1[N+](=O)[O-]. The molecule has 0 unspecified atom stereocenters. The first-order chi connectivity index (χ1) is 11.1. The van der Waals surface area contributed by atoms with Crippen molar-refractivity contribution in [3.05, 3.63) is 79.0 Å². The highest BCUT2D eigenvalue weighted by Gasteiger charge is 2.26. The zero-order valence-electron chi connectivity index (χ0n) is 11.6. The van der Waals surface area contributed by atoms with E-state index in [0.717, 1.165) is 3.57 Å². The minimum Gasteiger partial charge on any atom is -0.402 e. The highest BCUT2D eigenvalue weighted by atomic mass is 127. The fourth-order valence-corrected chi connectivity index (χ4v) is 2.70. The van der Waals surface area contributed by atoms with Crippen molar-refractivity contribution in [1.82, 2.24) is 0 Å². The summed E-state index contributed by atoms with van der Waals surface area (Å²) in [7, 11) is 0. The second-order valence-corrected chi connectivity index (χ2v) is 5.79. The van der Waals surface area contributed by atoms with Crippen LogP contribution in [0.1, 0.15) is 11.1 Å². The van der Waals surface area contributed by atoms with Gasteiger partial charge in [-0.05, 0) is 46.9 Å². The van der Waals surface area contributed by atoms with E-state index < -0.39 is 10.9 Å². The van der Waals surface area contributed by atoms with Crippen molar-refractivity contribution in [2.45, 2.75) is 0 Å². The lowest BCUT2D eigenvalue weighted by Gasteiger charge is -2.01. The molecule has 2 aromatic carbocycles. The number of hydrogen-bond donors (Lipinski definition) is 0. The molecule has 0 spiro atoms. The molecule has 1 heterocycles. The van der Waals surface area contributed by atoms with Crippen molar-refractivity contribution < 1.29 is 14.5 Å². The Kier molecular flexibility index (Phi) is 4.20. The molecule has 0 bridgehead atoms. The van der Waals surface area contributed by atoms with Crippen molar-refractivity contribution in [2.75, 3.05) is 0 Å². The summed E-state index contributed by atoms with van der Waals surface area (Å²) in [4.78, 5) is 26.7. The van der Waals surface area contributed by atoms with Gasteiger partial charge in [0.2, 0.25) is 5.90 Å². The van der Waals surface area contributed by atoms with Gasteiger partial charge in [-0.2, -0.15) is 0 Å². The van der Waals surface area contributed by atoms with E-state index in [1.54, 1.807) is 24.3 Å². The van der Waals surface area contributed by atoms with Crippen LogP contribution in [0.4, 0.5) is 5.69 Å². The number of para-hydroxylation sites is 1. The van der Waals surface area contributed by atoms with Gasteiger partial charge < -0.3 is 4.74 Å². The maximum atomic E-state index is 12.0. The van der Waals surface area contributed by atoms with E-state index in [4.69, 9.17) is 4.74 Å². The Morgan fingerprint density at radius 3 is 2.57 bits per heavy atom. The normalized spacial score (nSPS) is 15.4. The van der Waals surface area contributed by atoms with Crippen LogP contribution in [0.25, 0.3) is 6.08 Å². The summed E-state index contributed by atoms with van der Waals surface area (Å²) in [6, 6.07) is 13.5. The van der Waals surface area contributed by atoms with E-state index in [2.05, 4.69) is 27.6 Å². The van der Waals surface area contributed by atoms with Gasteiger partial charge in [-0.1, -0.05) is 24.3 Å². The number of ether oxygens (including phenoxy) is 1. The van der Waals surface area contributed by atoms with Gasteiger partial charge in [0.1, 0.15) is 0 Å². The number of hydrogen-bond acceptors (Lipinski definition) is 5. The van der Waals surface area contributed by atoms with Gasteiger partial charge in [0.05, 0.1) is 16.1 Å². The number of nitrogens with zero attached hydrogens (tertiary/aromatic N) is 2. The lowest BCUT2D eigenvalue weighted by atomic mass is 10.1. The molecule has 0 saturated carbocycles. The summed E-state index contributed by atoms with van der Waals surface area (Å²) >= 11 is 2.12. The van der Waals surface area contributed by atoms with E-state index in [9.17, 15) is 14.9 Å². The Bertz CT molecular complexity index is 874. The molecule has 0 aromatic heterocycles. The minimum absolute atomic E-state index is 0.0361. The number of benzene rings is 2. The van der Waals surface area contributed by atoms with Gasteiger partial charge in [-0.15, -0.1) is 0 Å². The summed E-state index contributed by atoms with van der Waals surface area (Å²) in [6.45, 7) is 0. The molecule has 7 heteroatoms. The van der Waals surface area contributed by atoms with Crippen LogP contribution in [0.15, 0.2) is 59.2 Å². The number of rotatable bonds is 3. The topological polar surface area (TPSA) is 81.8 Å². The highest BCUT2D eigenvalue weighted by molar-refractivity contribution is 14.1. The number of carbonyl (C=O) groups excluding carboxylic acids is 1. The van der Waals surface area contributed by atoms with Crippen molar-refractivity contribution in [1.29, 1.82) is 0 Å². The van der Waals surface area contributed by atoms with Crippen LogP contribution >= 0.6 is 22.6 Å².